The number of alkyl halides is 3. The minimum absolute atomic E-state index is 0.103. The van der Waals surface area contributed by atoms with E-state index in [4.69, 9.17) is 0 Å². The van der Waals surface area contributed by atoms with Crippen molar-refractivity contribution in [2.75, 3.05) is 14.1 Å². The van der Waals surface area contributed by atoms with Crippen molar-refractivity contribution in [1.29, 1.82) is 0 Å². The molecule has 3 N–H and O–H groups in total. The molecule has 0 saturated heterocycles. The van der Waals surface area contributed by atoms with Crippen LogP contribution in [0.1, 0.15) is 37.1 Å². The zero-order valence-electron chi connectivity index (χ0n) is 21.5. The highest BCUT2D eigenvalue weighted by Gasteiger charge is 2.56. The van der Waals surface area contributed by atoms with Crippen molar-refractivity contribution in [2.24, 2.45) is 0 Å². The van der Waals surface area contributed by atoms with Gasteiger partial charge in [-0.2, -0.15) is 13.2 Å². The van der Waals surface area contributed by atoms with Gasteiger partial charge in [0.15, 0.2) is 5.60 Å². The number of fused-ring (bicyclic) bond motifs is 1. The van der Waals surface area contributed by atoms with Crippen LogP contribution in [-0.2, 0) is 18.4 Å². The van der Waals surface area contributed by atoms with Crippen molar-refractivity contribution in [2.45, 2.75) is 50.4 Å². The first-order valence-corrected chi connectivity index (χ1v) is 12.2. The Labute approximate surface area is 215 Å². The van der Waals surface area contributed by atoms with E-state index in [0.29, 0.717) is 17.8 Å². The van der Waals surface area contributed by atoms with Gasteiger partial charge < -0.3 is 20.1 Å². The summed E-state index contributed by atoms with van der Waals surface area (Å²) in [7, 11) is 3.90. The summed E-state index contributed by atoms with van der Waals surface area (Å²) in [6, 6.07) is 21.8. The van der Waals surface area contributed by atoms with E-state index < -0.39 is 30.0 Å². The maximum Gasteiger partial charge on any atom is 0.417 e. The number of phenols is 1. The Balaban J connectivity index is 1.66. The molecule has 196 valence electrons. The molecule has 0 aliphatic rings. The van der Waals surface area contributed by atoms with Crippen LogP contribution in [-0.4, -0.2) is 46.0 Å². The topological polar surface area (TPSA) is 59.5 Å². The number of hydrogen-bond donors (Lipinski definition) is 3. The van der Waals surface area contributed by atoms with E-state index in [2.05, 4.69) is 4.98 Å². The third-order valence-electron chi connectivity index (χ3n) is 6.82. The zero-order chi connectivity index (χ0) is 27.0. The molecule has 0 amide bonds. The summed E-state index contributed by atoms with van der Waals surface area (Å²) in [5.74, 6) is -0.103. The number of aromatic hydroxyl groups is 1. The molecule has 0 fully saturated rings. The number of halogens is 3. The van der Waals surface area contributed by atoms with E-state index >= 15 is 0 Å². The molecule has 1 heterocycles. The number of aromatic nitrogens is 1. The number of H-pyrrole nitrogens is 1. The van der Waals surface area contributed by atoms with Gasteiger partial charge in [0.2, 0.25) is 0 Å². The summed E-state index contributed by atoms with van der Waals surface area (Å²) in [5.41, 5.74) is -0.128. The van der Waals surface area contributed by atoms with Gasteiger partial charge >= 0.3 is 6.18 Å². The molecule has 1 atom stereocenters. The fourth-order valence-electron chi connectivity index (χ4n) is 5.09. The molecular weight excluding hydrogens is 477 g/mol. The van der Waals surface area contributed by atoms with Crippen LogP contribution in [0.25, 0.3) is 22.0 Å². The fourth-order valence-corrected chi connectivity index (χ4v) is 5.09. The Morgan fingerprint density at radius 1 is 0.865 bits per heavy atom. The Kier molecular flexibility index (Phi) is 7.14. The molecule has 0 radical (unpaired) electrons. The SMILES string of the molecule is CN(C)Cc1ccc2[nH]c(CC(O)(CC(C)(C)c3cc(-c4ccccc4)ccc3O)C(F)(F)F)cc2c1. The van der Waals surface area contributed by atoms with Crippen molar-refractivity contribution in [1.82, 2.24) is 9.88 Å². The maximum absolute atomic E-state index is 14.4. The van der Waals surface area contributed by atoms with Gasteiger partial charge in [0, 0.05) is 29.7 Å². The van der Waals surface area contributed by atoms with Crippen LogP contribution in [0.3, 0.4) is 0 Å². The molecule has 4 rings (SSSR count). The largest absolute Gasteiger partial charge is 0.508 e. The standard InChI is InChI=1S/C30H33F3N2O2/c1-28(2,25-16-22(11-13-27(25)36)21-8-6-5-7-9-21)19-29(37,30(31,32)33)17-24-15-23-14-20(18-35(3)4)10-12-26(23)34-24/h5-16,34,36-37H,17-19H2,1-4H3. The van der Waals surface area contributed by atoms with Crippen LogP contribution >= 0.6 is 0 Å². The van der Waals surface area contributed by atoms with E-state index in [1.807, 2.05) is 67.5 Å². The molecule has 0 spiro atoms. The van der Waals surface area contributed by atoms with Crippen LogP contribution in [0.4, 0.5) is 13.2 Å². The number of aliphatic hydroxyl groups is 1. The summed E-state index contributed by atoms with van der Waals surface area (Å²) in [6.07, 6.45) is -6.14. The van der Waals surface area contributed by atoms with Crippen molar-refractivity contribution in [3.8, 4) is 16.9 Å². The van der Waals surface area contributed by atoms with Crippen molar-refractivity contribution >= 4 is 10.9 Å². The molecule has 4 nitrogen and oxygen atoms in total. The van der Waals surface area contributed by atoms with E-state index in [1.54, 1.807) is 32.0 Å². The number of nitrogens with zero attached hydrogens (tertiary/aromatic N) is 1. The lowest BCUT2D eigenvalue weighted by Crippen LogP contribution is -2.50. The van der Waals surface area contributed by atoms with Crippen LogP contribution in [0, 0.1) is 0 Å². The van der Waals surface area contributed by atoms with Gasteiger partial charge in [-0.05, 0) is 78.3 Å². The molecule has 0 aliphatic carbocycles. The molecule has 0 bridgehead atoms. The van der Waals surface area contributed by atoms with Gasteiger partial charge in [0.05, 0.1) is 0 Å². The van der Waals surface area contributed by atoms with E-state index in [-0.39, 0.29) is 5.75 Å². The van der Waals surface area contributed by atoms with Crippen LogP contribution in [0.5, 0.6) is 5.75 Å². The highest BCUT2D eigenvalue weighted by atomic mass is 19.4. The molecular formula is C30H33F3N2O2. The first kappa shape index (κ1) is 26.8. The molecule has 0 saturated carbocycles. The second-order valence-corrected chi connectivity index (χ2v) is 10.8. The molecule has 0 aliphatic heterocycles. The third-order valence-corrected chi connectivity index (χ3v) is 6.82. The zero-order valence-corrected chi connectivity index (χ0v) is 21.5. The lowest BCUT2D eigenvalue weighted by molar-refractivity contribution is -0.266. The fraction of sp³-hybridized carbons (Fsp3) is 0.333. The van der Waals surface area contributed by atoms with Crippen LogP contribution < -0.4 is 0 Å². The Hall–Kier alpha value is -3.29. The lowest BCUT2D eigenvalue weighted by Gasteiger charge is -2.38. The summed E-state index contributed by atoms with van der Waals surface area (Å²) < 4.78 is 43.2. The highest BCUT2D eigenvalue weighted by molar-refractivity contribution is 5.81. The first-order chi connectivity index (χ1) is 17.3. The predicted molar refractivity (Wildman–Crippen MR) is 142 cm³/mol. The molecule has 37 heavy (non-hydrogen) atoms. The van der Waals surface area contributed by atoms with Gasteiger partial charge in [-0.3, -0.25) is 0 Å². The molecule has 4 aromatic rings. The number of rotatable bonds is 8. The third kappa shape index (κ3) is 5.84. The lowest BCUT2D eigenvalue weighted by atomic mass is 9.72. The number of hydrogen-bond acceptors (Lipinski definition) is 3. The van der Waals surface area contributed by atoms with Crippen molar-refractivity contribution in [3.05, 3.63) is 89.6 Å². The average Bonchev–Trinajstić information content (AvgIpc) is 3.19. The predicted octanol–water partition coefficient (Wildman–Crippen LogP) is 6.81. The van der Waals surface area contributed by atoms with Gasteiger partial charge in [-0.15, -0.1) is 0 Å². The molecule has 7 heteroatoms. The smallest absolute Gasteiger partial charge is 0.417 e. The minimum atomic E-state index is -4.88. The van der Waals surface area contributed by atoms with E-state index in [0.717, 1.165) is 27.6 Å². The Morgan fingerprint density at radius 3 is 2.22 bits per heavy atom. The maximum atomic E-state index is 14.4. The summed E-state index contributed by atoms with van der Waals surface area (Å²) in [5, 5.41) is 22.6. The van der Waals surface area contributed by atoms with Gasteiger partial charge in [-0.25, -0.2) is 0 Å². The number of benzene rings is 3. The monoisotopic (exact) mass is 510 g/mol. The molecule has 3 aromatic carbocycles. The van der Waals surface area contributed by atoms with Crippen molar-refractivity contribution < 1.29 is 23.4 Å². The summed E-state index contributed by atoms with van der Waals surface area (Å²) in [6.45, 7) is 3.95. The van der Waals surface area contributed by atoms with E-state index in [9.17, 15) is 23.4 Å². The first-order valence-electron chi connectivity index (χ1n) is 12.2. The quantitative estimate of drug-likeness (QED) is 0.244. The van der Waals surface area contributed by atoms with Gasteiger partial charge in [0.25, 0.3) is 0 Å². The second-order valence-electron chi connectivity index (χ2n) is 10.8. The van der Waals surface area contributed by atoms with Crippen LogP contribution in [0.15, 0.2) is 72.8 Å². The number of nitrogens with one attached hydrogen (secondary N) is 1. The van der Waals surface area contributed by atoms with Gasteiger partial charge in [-0.1, -0.05) is 56.3 Å². The normalized spacial score (nSPS) is 14.3. The average molecular weight is 511 g/mol. The van der Waals surface area contributed by atoms with E-state index in [1.165, 1.54) is 6.07 Å². The highest BCUT2D eigenvalue weighted by Crippen LogP contribution is 2.45. The minimum Gasteiger partial charge on any atom is -0.508 e. The Bertz CT molecular complexity index is 1380. The Morgan fingerprint density at radius 2 is 1.57 bits per heavy atom. The second kappa shape index (κ2) is 9.88. The number of aromatic amines is 1. The van der Waals surface area contributed by atoms with Gasteiger partial charge in [0.1, 0.15) is 5.75 Å². The molecule has 1 unspecified atom stereocenters. The summed E-state index contributed by atoms with van der Waals surface area (Å²) >= 11 is 0. The summed E-state index contributed by atoms with van der Waals surface area (Å²) in [4.78, 5) is 5.06. The molecule has 1 aromatic heterocycles. The van der Waals surface area contributed by atoms with Crippen LogP contribution in [0.2, 0.25) is 0 Å². The van der Waals surface area contributed by atoms with Crippen molar-refractivity contribution in [3.63, 3.8) is 0 Å². The number of phenolic OH excluding ortho intramolecular Hbond substituents is 1.